The van der Waals surface area contributed by atoms with Crippen molar-refractivity contribution in [3.63, 3.8) is 0 Å². The van der Waals surface area contributed by atoms with Crippen LogP contribution in [0.2, 0.25) is 0 Å². The van der Waals surface area contributed by atoms with Gasteiger partial charge in [-0.15, -0.1) is 5.10 Å². The zero-order valence-electron chi connectivity index (χ0n) is 12.2. The number of para-hydroxylation sites is 1. The standard InChI is InChI=1S/C15H18N4O2S/c20-22(21)10-12-6-7-14(8-12)19(22)9-15-16-11-18(17-15)13-4-2-1-3-5-13/h1-5,11-12,14H,6-10H2/t12-,14+/m1/s1. The van der Waals surface area contributed by atoms with E-state index in [1.54, 1.807) is 15.3 Å². The Morgan fingerprint density at radius 1 is 1.18 bits per heavy atom. The zero-order valence-corrected chi connectivity index (χ0v) is 13.0. The van der Waals surface area contributed by atoms with Gasteiger partial charge in [0, 0.05) is 6.04 Å². The molecule has 0 radical (unpaired) electrons. The summed E-state index contributed by atoms with van der Waals surface area (Å²) in [6.45, 7) is 0.277. The summed E-state index contributed by atoms with van der Waals surface area (Å²) in [5.74, 6) is 1.18. The van der Waals surface area contributed by atoms with Crippen molar-refractivity contribution in [1.82, 2.24) is 19.1 Å². The van der Waals surface area contributed by atoms with Crippen LogP contribution in [0.3, 0.4) is 0 Å². The van der Waals surface area contributed by atoms with E-state index in [2.05, 4.69) is 10.1 Å². The molecule has 22 heavy (non-hydrogen) atoms. The molecular formula is C15H18N4O2S. The third-order valence-electron chi connectivity index (χ3n) is 4.58. The quantitative estimate of drug-likeness (QED) is 0.862. The van der Waals surface area contributed by atoms with Crippen molar-refractivity contribution in [1.29, 1.82) is 0 Å². The lowest BCUT2D eigenvalue weighted by Crippen LogP contribution is -2.44. The van der Waals surface area contributed by atoms with Gasteiger partial charge in [0.1, 0.15) is 6.33 Å². The molecule has 1 aromatic heterocycles. The average molecular weight is 318 g/mol. The molecule has 1 saturated carbocycles. The summed E-state index contributed by atoms with van der Waals surface area (Å²) in [7, 11) is -3.17. The number of fused-ring (bicyclic) bond motifs is 2. The van der Waals surface area contributed by atoms with E-state index in [1.807, 2.05) is 30.3 Å². The minimum atomic E-state index is -3.17. The topological polar surface area (TPSA) is 68.1 Å². The van der Waals surface area contributed by atoms with E-state index in [4.69, 9.17) is 0 Å². The summed E-state index contributed by atoms with van der Waals surface area (Å²) in [6, 6.07) is 9.83. The van der Waals surface area contributed by atoms with Gasteiger partial charge >= 0.3 is 0 Å². The largest absolute Gasteiger partial charge is 0.221 e. The lowest BCUT2D eigenvalue weighted by Gasteiger charge is -2.31. The second-order valence-electron chi connectivity index (χ2n) is 6.10. The van der Waals surface area contributed by atoms with E-state index in [1.165, 1.54) is 0 Å². The Hall–Kier alpha value is -1.73. The molecular weight excluding hydrogens is 300 g/mol. The second-order valence-corrected chi connectivity index (χ2v) is 8.06. The fourth-order valence-corrected chi connectivity index (χ4v) is 5.57. The number of aromatic nitrogens is 3. The van der Waals surface area contributed by atoms with Crippen molar-refractivity contribution in [3.05, 3.63) is 42.5 Å². The van der Waals surface area contributed by atoms with Crippen LogP contribution in [0.4, 0.5) is 0 Å². The Morgan fingerprint density at radius 2 is 2.00 bits per heavy atom. The lowest BCUT2D eigenvalue weighted by atomic mass is 10.1. The third-order valence-corrected chi connectivity index (χ3v) is 6.62. The summed E-state index contributed by atoms with van der Waals surface area (Å²) in [6.07, 6.45) is 4.60. The highest BCUT2D eigenvalue weighted by Gasteiger charge is 2.43. The van der Waals surface area contributed by atoms with Gasteiger partial charge < -0.3 is 0 Å². The number of nitrogens with zero attached hydrogens (tertiary/aromatic N) is 4. The summed E-state index contributed by atoms with van der Waals surface area (Å²) in [4.78, 5) is 4.28. The molecule has 2 heterocycles. The summed E-state index contributed by atoms with van der Waals surface area (Å²) >= 11 is 0. The van der Waals surface area contributed by atoms with Gasteiger partial charge in [-0.2, -0.15) is 4.31 Å². The van der Waals surface area contributed by atoms with Crippen molar-refractivity contribution in [2.45, 2.75) is 31.8 Å². The normalized spacial score (nSPS) is 27.1. The minimum absolute atomic E-state index is 0.132. The molecule has 2 aliphatic rings. The predicted molar refractivity (Wildman–Crippen MR) is 81.8 cm³/mol. The summed E-state index contributed by atoms with van der Waals surface area (Å²) < 4.78 is 28.1. The van der Waals surface area contributed by atoms with Gasteiger partial charge in [0.2, 0.25) is 10.0 Å². The van der Waals surface area contributed by atoms with Crippen LogP contribution < -0.4 is 0 Å². The number of sulfonamides is 1. The highest BCUT2D eigenvalue weighted by molar-refractivity contribution is 7.89. The van der Waals surface area contributed by atoms with Crippen LogP contribution in [0.5, 0.6) is 0 Å². The highest BCUT2D eigenvalue weighted by Crippen LogP contribution is 2.38. The van der Waals surface area contributed by atoms with E-state index in [0.29, 0.717) is 11.7 Å². The van der Waals surface area contributed by atoms with Crippen LogP contribution in [-0.2, 0) is 16.6 Å². The summed E-state index contributed by atoms with van der Waals surface area (Å²) in [5, 5.41) is 4.42. The maximum absolute atomic E-state index is 12.4. The van der Waals surface area contributed by atoms with Gasteiger partial charge in [0.15, 0.2) is 5.82 Å². The fraction of sp³-hybridized carbons (Fsp3) is 0.467. The van der Waals surface area contributed by atoms with Crippen molar-refractivity contribution < 1.29 is 8.42 Å². The first-order valence-electron chi connectivity index (χ1n) is 7.57. The molecule has 7 heteroatoms. The Morgan fingerprint density at radius 3 is 2.82 bits per heavy atom. The Labute approximate surface area is 129 Å². The van der Waals surface area contributed by atoms with Crippen molar-refractivity contribution in [3.8, 4) is 5.69 Å². The Balaban J connectivity index is 1.58. The molecule has 1 saturated heterocycles. The Kier molecular flexibility index (Phi) is 3.27. The highest BCUT2D eigenvalue weighted by atomic mass is 32.2. The van der Waals surface area contributed by atoms with E-state index >= 15 is 0 Å². The maximum Gasteiger partial charge on any atom is 0.215 e. The van der Waals surface area contributed by atoms with Crippen molar-refractivity contribution in [2.75, 3.05) is 5.75 Å². The van der Waals surface area contributed by atoms with Gasteiger partial charge in [0.05, 0.1) is 18.0 Å². The van der Waals surface area contributed by atoms with E-state index in [0.717, 1.165) is 24.9 Å². The first-order valence-corrected chi connectivity index (χ1v) is 9.18. The minimum Gasteiger partial charge on any atom is -0.221 e. The van der Waals surface area contributed by atoms with Crippen molar-refractivity contribution >= 4 is 10.0 Å². The van der Waals surface area contributed by atoms with Crippen LogP contribution in [0.1, 0.15) is 25.1 Å². The lowest BCUT2D eigenvalue weighted by molar-refractivity contribution is 0.288. The predicted octanol–water partition coefficient (Wildman–Crippen LogP) is 1.58. The molecule has 0 amide bonds. The average Bonchev–Trinajstić information content (AvgIpc) is 3.12. The molecule has 0 N–H and O–H groups in total. The van der Waals surface area contributed by atoms with Crippen LogP contribution in [0.25, 0.3) is 5.69 Å². The van der Waals surface area contributed by atoms with Gasteiger partial charge in [-0.25, -0.2) is 18.1 Å². The smallest absolute Gasteiger partial charge is 0.215 e. The van der Waals surface area contributed by atoms with Gasteiger partial charge in [0.25, 0.3) is 0 Å². The molecule has 1 aliphatic carbocycles. The number of hydrogen-bond acceptors (Lipinski definition) is 4. The van der Waals surface area contributed by atoms with Gasteiger partial charge in [-0.3, -0.25) is 0 Å². The van der Waals surface area contributed by atoms with Crippen molar-refractivity contribution in [2.24, 2.45) is 5.92 Å². The van der Waals surface area contributed by atoms with Gasteiger partial charge in [-0.05, 0) is 37.3 Å². The van der Waals surface area contributed by atoms with E-state index in [-0.39, 0.29) is 18.3 Å². The molecule has 2 bridgehead atoms. The van der Waals surface area contributed by atoms with E-state index < -0.39 is 10.0 Å². The van der Waals surface area contributed by atoms with Gasteiger partial charge in [-0.1, -0.05) is 18.2 Å². The van der Waals surface area contributed by atoms with Crippen LogP contribution >= 0.6 is 0 Å². The van der Waals surface area contributed by atoms with Crippen LogP contribution in [0, 0.1) is 5.92 Å². The summed E-state index contributed by atoms with van der Waals surface area (Å²) in [5.41, 5.74) is 0.920. The van der Waals surface area contributed by atoms with E-state index in [9.17, 15) is 8.42 Å². The monoisotopic (exact) mass is 318 g/mol. The molecule has 116 valence electrons. The third kappa shape index (κ3) is 2.44. The zero-order chi connectivity index (χ0) is 15.2. The van der Waals surface area contributed by atoms with Crippen LogP contribution in [-0.4, -0.2) is 39.3 Å². The molecule has 1 aromatic carbocycles. The first kappa shape index (κ1) is 13.9. The molecule has 2 atom stereocenters. The number of hydrogen-bond donors (Lipinski definition) is 0. The number of benzene rings is 1. The first-order chi connectivity index (χ1) is 10.6. The molecule has 6 nitrogen and oxygen atoms in total. The second kappa shape index (κ2) is 5.17. The molecule has 1 aliphatic heterocycles. The molecule has 0 spiro atoms. The SMILES string of the molecule is O=S1(=O)C[C@@H]2CC[C@@H](C2)N1Cc1ncn(-c2ccccc2)n1. The molecule has 2 aromatic rings. The fourth-order valence-electron chi connectivity index (χ4n) is 3.52. The number of rotatable bonds is 3. The molecule has 4 rings (SSSR count). The maximum atomic E-state index is 12.4. The molecule has 2 fully saturated rings. The molecule has 0 unspecified atom stereocenters. The van der Waals surface area contributed by atoms with Crippen LogP contribution in [0.15, 0.2) is 36.7 Å². The Bertz CT molecular complexity index is 772.